The van der Waals surface area contributed by atoms with E-state index in [1.807, 2.05) is 19.9 Å². The van der Waals surface area contributed by atoms with Crippen LogP contribution in [0.5, 0.6) is 0 Å². The SMILES string of the molecule is CC(C)NC(=O)c1cnc(Nc2ccc3c(c2)CCNC3)nc1Nc1ccc(F)c(C(C)(C)O)n1. The number of aliphatic hydroxyl groups is 1. The predicted octanol–water partition coefficient (Wildman–Crippen LogP) is 3.51. The van der Waals surface area contributed by atoms with E-state index in [0.717, 1.165) is 25.2 Å². The third kappa shape index (κ3) is 5.90. The molecule has 3 heterocycles. The Morgan fingerprint density at radius 1 is 1.14 bits per heavy atom. The lowest BCUT2D eigenvalue weighted by atomic mass is 10.0. The van der Waals surface area contributed by atoms with Crippen LogP contribution in [0.2, 0.25) is 0 Å². The van der Waals surface area contributed by atoms with Crippen LogP contribution in [0.1, 0.15) is 54.9 Å². The summed E-state index contributed by atoms with van der Waals surface area (Å²) in [6.07, 6.45) is 2.37. The van der Waals surface area contributed by atoms with Gasteiger partial charge < -0.3 is 26.4 Å². The molecule has 0 saturated heterocycles. The number of hydrogen-bond acceptors (Lipinski definition) is 8. The third-order valence-electron chi connectivity index (χ3n) is 5.47. The Bertz CT molecular complexity index is 1240. The van der Waals surface area contributed by atoms with Crippen LogP contribution >= 0.6 is 0 Å². The molecular formula is C25H30FN7O2. The van der Waals surface area contributed by atoms with Crippen LogP contribution in [0, 0.1) is 5.82 Å². The molecule has 4 rings (SSSR count). The maximum atomic E-state index is 14.2. The molecular weight excluding hydrogens is 449 g/mol. The molecule has 3 aromatic rings. The van der Waals surface area contributed by atoms with Gasteiger partial charge in [-0.3, -0.25) is 4.79 Å². The smallest absolute Gasteiger partial charge is 0.256 e. The van der Waals surface area contributed by atoms with Crippen molar-refractivity contribution in [2.24, 2.45) is 0 Å². The van der Waals surface area contributed by atoms with Crippen molar-refractivity contribution in [3.8, 4) is 0 Å². The lowest BCUT2D eigenvalue weighted by Gasteiger charge is -2.19. The molecule has 35 heavy (non-hydrogen) atoms. The fraction of sp³-hybridized carbons (Fsp3) is 0.360. The van der Waals surface area contributed by atoms with Gasteiger partial charge in [0.05, 0.1) is 0 Å². The molecule has 0 saturated carbocycles. The number of anilines is 4. The zero-order valence-corrected chi connectivity index (χ0v) is 20.2. The topological polar surface area (TPSA) is 124 Å². The normalized spacial score (nSPS) is 13.3. The van der Waals surface area contributed by atoms with Crippen molar-refractivity contribution in [1.82, 2.24) is 25.6 Å². The molecule has 0 bridgehead atoms. The molecule has 9 nitrogen and oxygen atoms in total. The number of nitrogens with zero attached hydrogens (tertiary/aromatic N) is 3. The summed E-state index contributed by atoms with van der Waals surface area (Å²) in [5.74, 6) is -0.280. The Morgan fingerprint density at radius 3 is 2.69 bits per heavy atom. The number of fused-ring (bicyclic) bond motifs is 1. The fourth-order valence-corrected chi connectivity index (χ4v) is 3.79. The molecule has 2 aromatic heterocycles. The van der Waals surface area contributed by atoms with Gasteiger partial charge in [0.15, 0.2) is 0 Å². The summed E-state index contributed by atoms with van der Waals surface area (Å²) in [6, 6.07) is 8.62. The summed E-state index contributed by atoms with van der Waals surface area (Å²) < 4.78 is 14.2. The van der Waals surface area contributed by atoms with Crippen LogP contribution < -0.4 is 21.3 Å². The number of hydrogen-bond donors (Lipinski definition) is 5. The summed E-state index contributed by atoms with van der Waals surface area (Å²) in [6.45, 7) is 8.38. The lowest BCUT2D eigenvalue weighted by molar-refractivity contribution is 0.0696. The molecule has 1 amide bonds. The maximum Gasteiger partial charge on any atom is 0.256 e. The first-order chi connectivity index (χ1) is 16.6. The van der Waals surface area contributed by atoms with Crippen molar-refractivity contribution in [1.29, 1.82) is 0 Å². The van der Waals surface area contributed by atoms with Crippen molar-refractivity contribution >= 4 is 29.2 Å². The molecule has 1 aromatic carbocycles. The van der Waals surface area contributed by atoms with Crippen LogP contribution in [0.3, 0.4) is 0 Å². The summed E-state index contributed by atoms with van der Waals surface area (Å²) in [7, 11) is 0. The van der Waals surface area contributed by atoms with E-state index in [1.165, 1.54) is 43.3 Å². The largest absolute Gasteiger partial charge is 0.384 e. The molecule has 0 unspecified atom stereocenters. The number of halogens is 1. The quantitative estimate of drug-likeness (QED) is 0.349. The first-order valence-corrected chi connectivity index (χ1v) is 11.5. The second kappa shape index (κ2) is 9.93. The molecule has 0 atom stereocenters. The second-order valence-electron chi connectivity index (χ2n) is 9.33. The number of pyridine rings is 1. The van der Waals surface area contributed by atoms with Crippen LogP contribution in [0.15, 0.2) is 36.5 Å². The standard InChI is InChI=1S/C25H30FN7O2/c1-14(2)29-23(34)18-13-28-24(30-17-6-5-16-12-27-10-9-15(16)11-17)33-22(18)32-20-8-7-19(26)21(31-20)25(3,4)35/h5-8,11,13-14,27,35H,9-10,12H2,1-4H3,(H,29,34)(H2,28,30,31,32,33). The van der Waals surface area contributed by atoms with Crippen molar-refractivity contribution in [3.63, 3.8) is 0 Å². The van der Waals surface area contributed by atoms with E-state index in [9.17, 15) is 14.3 Å². The van der Waals surface area contributed by atoms with Crippen LogP contribution in [0.4, 0.5) is 27.7 Å². The van der Waals surface area contributed by atoms with Gasteiger partial charge in [0.2, 0.25) is 5.95 Å². The Labute approximate surface area is 203 Å². The Kier molecular flexibility index (Phi) is 6.95. The number of nitrogens with one attached hydrogen (secondary N) is 4. The average Bonchev–Trinajstić information content (AvgIpc) is 2.79. The molecule has 0 spiro atoms. The van der Waals surface area contributed by atoms with E-state index >= 15 is 0 Å². The highest BCUT2D eigenvalue weighted by Gasteiger charge is 2.24. The highest BCUT2D eigenvalue weighted by Crippen LogP contribution is 2.26. The molecule has 0 radical (unpaired) electrons. The van der Waals surface area contributed by atoms with E-state index in [-0.39, 0.29) is 40.8 Å². The van der Waals surface area contributed by atoms with Gasteiger partial charge in [-0.05, 0) is 76.1 Å². The van der Waals surface area contributed by atoms with Crippen molar-refractivity contribution in [3.05, 3.63) is 64.7 Å². The van der Waals surface area contributed by atoms with Crippen LogP contribution in [-0.4, -0.2) is 38.6 Å². The van der Waals surface area contributed by atoms with Gasteiger partial charge in [-0.25, -0.2) is 14.4 Å². The number of benzene rings is 1. The predicted molar refractivity (Wildman–Crippen MR) is 132 cm³/mol. The van der Waals surface area contributed by atoms with E-state index in [0.29, 0.717) is 0 Å². The molecule has 184 valence electrons. The minimum absolute atomic E-state index is 0.0936. The minimum atomic E-state index is -1.49. The van der Waals surface area contributed by atoms with Crippen LogP contribution in [-0.2, 0) is 18.6 Å². The van der Waals surface area contributed by atoms with Gasteiger partial charge in [-0.15, -0.1) is 0 Å². The molecule has 5 N–H and O–H groups in total. The Hall–Kier alpha value is -3.63. The van der Waals surface area contributed by atoms with Gasteiger partial charge in [-0.1, -0.05) is 6.07 Å². The van der Waals surface area contributed by atoms with Crippen molar-refractivity contribution in [2.75, 3.05) is 17.2 Å². The zero-order chi connectivity index (χ0) is 25.2. The second-order valence-corrected chi connectivity index (χ2v) is 9.33. The first kappa shape index (κ1) is 24.5. The van der Waals surface area contributed by atoms with Gasteiger partial charge >= 0.3 is 0 Å². The minimum Gasteiger partial charge on any atom is -0.384 e. The molecule has 10 heteroatoms. The summed E-state index contributed by atoms with van der Waals surface area (Å²) >= 11 is 0. The number of amides is 1. The monoisotopic (exact) mass is 479 g/mol. The van der Waals surface area contributed by atoms with Crippen LogP contribution in [0.25, 0.3) is 0 Å². The molecule has 0 aliphatic carbocycles. The van der Waals surface area contributed by atoms with Crippen molar-refractivity contribution in [2.45, 2.75) is 52.3 Å². The zero-order valence-electron chi connectivity index (χ0n) is 20.2. The molecule has 0 fully saturated rings. The molecule has 1 aliphatic heterocycles. The Balaban J connectivity index is 1.67. The van der Waals surface area contributed by atoms with E-state index in [4.69, 9.17) is 0 Å². The van der Waals surface area contributed by atoms with Gasteiger partial charge in [0.1, 0.15) is 34.3 Å². The van der Waals surface area contributed by atoms with E-state index in [1.54, 1.807) is 0 Å². The third-order valence-corrected chi connectivity index (χ3v) is 5.47. The average molecular weight is 480 g/mol. The van der Waals surface area contributed by atoms with E-state index < -0.39 is 11.4 Å². The highest BCUT2D eigenvalue weighted by molar-refractivity contribution is 5.99. The number of rotatable bonds is 7. The summed E-state index contributed by atoms with van der Waals surface area (Å²) in [4.78, 5) is 25.9. The van der Waals surface area contributed by atoms with Crippen molar-refractivity contribution < 1.29 is 14.3 Å². The highest BCUT2D eigenvalue weighted by atomic mass is 19.1. The molecule has 1 aliphatic rings. The fourth-order valence-electron chi connectivity index (χ4n) is 3.79. The van der Waals surface area contributed by atoms with E-state index in [2.05, 4.69) is 48.4 Å². The van der Waals surface area contributed by atoms with Gasteiger partial charge in [0, 0.05) is 24.5 Å². The maximum absolute atomic E-state index is 14.2. The van der Waals surface area contributed by atoms with Gasteiger partial charge in [0.25, 0.3) is 5.91 Å². The lowest BCUT2D eigenvalue weighted by Crippen LogP contribution is -2.31. The summed E-state index contributed by atoms with van der Waals surface area (Å²) in [5.41, 5.74) is 1.95. The first-order valence-electron chi connectivity index (χ1n) is 11.5. The Morgan fingerprint density at radius 2 is 1.94 bits per heavy atom. The number of aromatic nitrogens is 3. The number of carbonyl (C=O) groups excluding carboxylic acids is 1. The number of carbonyl (C=O) groups is 1. The van der Waals surface area contributed by atoms with Gasteiger partial charge in [-0.2, -0.15) is 4.98 Å². The summed E-state index contributed by atoms with van der Waals surface area (Å²) in [5, 5.41) is 22.6.